The van der Waals surface area contributed by atoms with Crippen molar-refractivity contribution in [2.24, 2.45) is 0 Å². The van der Waals surface area contributed by atoms with Gasteiger partial charge in [0.1, 0.15) is 5.78 Å². The molecule has 0 fully saturated rings. The number of halogens is 2. The second-order valence-corrected chi connectivity index (χ2v) is 5.51. The van der Waals surface area contributed by atoms with Crippen LogP contribution in [0.2, 0.25) is 0 Å². The van der Waals surface area contributed by atoms with Crippen LogP contribution in [0.15, 0.2) is 27.6 Å². The molecular formula is C10H10Br2OS. The highest BCUT2D eigenvalue weighted by Crippen LogP contribution is 2.32. The highest BCUT2D eigenvalue weighted by Gasteiger charge is 2.15. The standard InChI is InChI=1S/C10H10Br2OS/c1-6(13)10(12)8-4-3-7(14-2)5-9(8)11/h3-5,10H,1-2H3. The number of thioether (sulfide) groups is 1. The van der Waals surface area contributed by atoms with Gasteiger partial charge in [0, 0.05) is 9.37 Å². The molecule has 0 bridgehead atoms. The number of hydrogen-bond donors (Lipinski definition) is 0. The summed E-state index contributed by atoms with van der Waals surface area (Å²) >= 11 is 8.50. The van der Waals surface area contributed by atoms with E-state index in [1.165, 1.54) is 4.90 Å². The largest absolute Gasteiger partial charge is 0.298 e. The smallest absolute Gasteiger partial charge is 0.147 e. The molecule has 0 aliphatic carbocycles. The Hall–Kier alpha value is 0.200. The summed E-state index contributed by atoms with van der Waals surface area (Å²) in [4.78, 5) is 12.1. The minimum absolute atomic E-state index is 0.114. The van der Waals surface area contributed by atoms with Crippen LogP contribution in [0.5, 0.6) is 0 Å². The predicted octanol–water partition coefficient (Wildman–Crippen LogP) is 4.20. The topological polar surface area (TPSA) is 17.1 Å². The summed E-state index contributed by atoms with van der Waals surface area (Å²) < 4.78 is 0.974. The van der Waals surface area contributed by atoms with Gasteiger partial charge in [-0.2, -0.15) is 0 Å². The molecule has 14 heavy (non-hydrogen) atoms. The summed E-state index contributed by atoms with van der Waals surface area (Å²) in [7, 11) is 0. The number of benzene rings is 1. The van der Waals surface area contributed by atoms with Crippen molar-refractivity contribution in [3.05, 3.63) is 28.2 Å². The second kappa shape index (κ2) is 5.33. The lowest BCUT2D eigenvalue weighted by atomic mass is 10.1. The first-order valence-electron chi connectivity index (χ1n) is 4.04. The molecule has 0 heterocycles. The molecule has 0 aliphatic heterocycles. The van der Waals surface area contributed by atoms with Gasteiger partial charge < -0.3 is 0 Å². The average molecular weight is 338 g/mol. The maximum absolute atomic E-state index is 11.2. The Labute approximate surface area is 105 Å². The van der Waals surface area contributed by atoms with Gasteiger partial charge in [0.25, 0.3) is 0 Å². The molecule has 4 heteroatoms. The minimum Gasteiger partial charge on any atom is -0.298 e. The molecule has 1 rings (SSSR count). The fraction of sp³-hybridized carbons (Fsp3) is 0.300. The summed E-state index contributed by atoms with van der Waals surface area (Å²) in [5.41, 5.74) is 0.982. The molecule has 1 aromatic rings. The van der Waals surface area contributed by atoms with Gasteiger partial charge in [-0.15, -0.1) is 11.8 Å². The predicted molar refractivity (Wildman–Crippen MR) is 68.3 cm³/mol. The van der Waals surface area contributed by atoms with Crippen LogP contribution in [0.4, 0.5) is 0 Å². The Balaban J connectivity index is 3.05. The number of alkyl halides is 1. The molecule has 76 valence electrons. The fourth-order valence-corrected chi connectivity index (χ4v) is 2.96. The van der Waals surface area contributed by atoms with Crippen molar-refractivity contribution in [2.45, 2.75) is 16.6 Å². The van der Waals surface area contributed by atoms with Crippen LogP contribution < -0.4 is 0 Å². The number of rotatable bonds is 3. The average Bonchev–Trinajstić information content (AvgIpc) is 2.16. The number of ketones is 1. The lowest BCUT2D eigenvalue weighted by Gasteiger charge is -2.09. The second-order valence-electron chi connectivity index (χ2n) is 2.86. The number of carbonyl (C=O) groups is 1. The third-order valence-corrected chi connectivity index (χ3v) is 4.39. The van der Waals surface area contributed by atoms with Crippen molar-refractivity contribution in [1.29, 1.82) is 0 Å². The maximum atomic E-state index is 11.2. The normalized spacial score (nSPS) is 12.6. The fourth-order valence-electron chi connectivity index (χ4n) is 1.06. The van der Waals surface area contributed by atoms with Crippen LogP contribution in [0.1, 0.15) is 17.3 Å². The van der Waals surface area contributed by atoms with Gasteiger partial charge in [-0.05, 0) is 30.9 Å². The van der Waals surface area contributed by atoms with Crippen LogP contribution in [-0.2, 0) is 4.79 Å². The van der Waals surface area contributed by atoms with Crippen LogP contribution in [0, 0.1) is 0 Å². The Bertz CT molecular complexity index is 352. The van der Waals surface area contributed by atoms with Crippen molar-refractivity contribution in [2.75, 3.05) is 6.26 Å². The van der Waals surface area contributed by atoms with Crippen LogP contribution in [-0.4, -0.2) is 12.0 Å². The van der Waals surface area contributed by atoms with Crippen LogP contribution in [0.25, 0.3) is 0 Å². The third-order valence-electron chi connectivity index (χ3n) is 1.84. The zero-order valence-electron chi connectivity index (χ0n) is 7.88. The molecule has 0 spiro atoms. The Kier molecular flexibility index (Phi) is 4.67. The van der Waals surface area contributed by atoms with E-state index in [0.717, 1.165) is 10.0 Å². The summed E-state index contributed by atoms with van der Waals surface area (Å²) in [5.74, 6) is 0.114. The van der Waals surface area contributed by atoms with E-state index < -0.39 is 0 Å². The van der Waals surface area contributed by atoms with E-state index in [1.54, 1.807) is 18.7 Å². The van der Waals surface area contributed by atoms with E-state index in [4.69, 9.17) is 0 Å². The Morgan fingerprint density at radius 1 is 1.50 bits per heavy atom. The molecule has 0 aliphatic rings. The molecule has 1 nitrogen and oxygen atoms in total. The lowest BCUT2D eigenvalue weighted by Crippen LogP contribution is -2.01. The van der Waals surface area contributed by atoms with E-state index in [2.05, 4.69) is 31.9 Å². The molecule has 0 saturated heterocycles. The highest BCUT2D eigenvalue weighted by molar-refractivity contribution is 9.11. The molecule has 0 amide bonds. The van der Waals surface area contributed by atoms with Crippen molar-refractivity contribution < 1.29 is 4.79 Å². The monoisotopic (exact) mass is 336 g/mol. The lowest BCUT2D eigenvalue weighted by molar-refractivity contribution is -0.116. The first-order valence-corrected chi connectivity index (χ1v) is 6.97. The van der Waals surface area contributed by atoms with Crippen molar-refractivity contribution >= 4 is 49.4 Å². The maximum Gasteiger partial charge on any atom is 0.147 e. The van der Waals surface area contributed by atoms with Gasteiger partial charge in [-0.1, -0.05) is 37.9 Å². The summed E-state index contributed by atoms with van der Waals surface area (Å²) in [6.45, 7) is 1.58. The quantitative estimate of drug-likeness (QED) is 0.607. The summed E-state index contributed by atoms with van der Waals surface area (Å²) in [5, 5.41) is 0. The summed E-state index contributed by atoms with van der Waals surface area (Å²) in [6, 6.07) is 6.01. The Morgan fingerprint density at radius 2 is 2.14 bits per heavy atom. The third kappa shape index (κ3) is 2.84. The molecule has 0 aromatic heterocycles. The van der Waals surface area contributed by atoms with Gasteiger partial charge in [0.15, 0.2) is 0 Å². The van der Waals surface area contributed by atoms with Crippen LogP contribution >= 0.6 is 43.6 Å². The number of carbonyl (C=O) groups excluding carboxylic acids is 1. The van der Waals surface area contributed by atoms with Gasteiger partial charge >= 0.3 is 0 Å². The van der Waals surface area contributed by atoms with Crippen LogP contribution in [0.3, 0.4) is 0 Å². The SMILES string of the molecule is CSc1ccc(C(Br)C(C)=O)c(Br)c1. The highest BCUT2D eigenvalue weighted by atomic mass is 79.9. The molecule has 1 atom stereocenters. The number of Topliss-reactive ketones (excluding diaryl/α,β-unsaturated/α-hetero) is 1. The zero-order valence-corrected chi connectivity index (χ0v) is 11.9. The molecular weight excluding hydrogens is 328 g/mol. The van der Waals surface area contributed by atoms with E-state index in [1.807, 2.05) is 24.5 Å². The van der Waals surface area contributed by atoms with Crippen molar-refractivity contribution in [1.82, 2.24) is 0 Å². The van der Waals surface area contributed by atoms with Crippen molar-refractivity contribution in [3.8, 4) is 0 Å². The molecule has 0 saturated carbocycles. The van der Waals surface area contributed by atoms with Gasteiger partial charge in [0.05, 0.1) is 4.83 Å². The first kappa shape index (κ1) is 12.3. The van der Waals surface area contributed by atoms with E-state index >= 15 is 0 Å². The first-order chi connectivity index (χ1) is 6.56. The van der Waals surface area contributed by atoms with Gasteiger partial charge in [0.2, 0.25) is 0 Å². The molecule has 0 N–H and O–H groups in total. The molecule has 1 aromatic carbocycles. The van der Waals surface area contributed by atoms with E-state index in [0.29, 0.717) is 0 Å². The summed E-state index contributed by atoms with van der Waals surface area (Å²) in [6.07, 6.45) is 2.03. The van der Waals surface area contributed by atoms with Gasteiger partial charge in [-0.3, -0.25) is 4.79 Å². The number of hydrogen-bond acceptors (Lipinski definition) is 2. The van der Waals surface area contributed by atoms with E-state index in [9.17, 15) is 4.79 Å². The molecule has 1 unspecified atom stereocenters. The van der Waals surface area contributed by atoms with E-state index in [-0.39, 0.29) is 10.6 Å². The van der Waals surface area contributed by atoms with Crippen molar-refractivity contribution in [3.63, 3.8) is 0 Å². The zero-order chi connectivity index (χ0) is 10.7. The Morgan fingerprint density at radius 3 is 2.57 bits per heavy atom. The van der Waals surface area contributed by atoms with Gasteiger partial charge in [-0.25, -0.2) is 0 Å². The molecule has 0 radical (unpaired) electrons. The minimum atomic E-state index is -0.215.